The molecule has 26 heavy (non-hydrogen) atoms. The summed E-state index contributed by atoms with van der Waals surface area (Å²) in [6.07, 6.45) is 4.05. The minimum Gasteiger partial charge on any atom is -0.481 e. The van der Waals surface area contributed by atoms with E-state index < -0.39 is 5.97 Å². The zero-order valence-corrected chi connectivity index (χ0v) is 15.5. The van der Waals surface area contributed by atoms with E-state index in [9.17, 15) is 9.59 Å². The van der Waals surface area contributed by atoms with Crippen molar-refractivity contribution in [2.24, 2.45) is 0 Å². The maximum atomic E-state index is 12.5. The number of hydrogen-bond donors (Lipinski definition) is 1. The van der Waals surface area contributed by atoms with E-state index in [0.717, 1.165) is 11.1 Å². The van der Waals surface area contributed by atoms with E-state index in [2.05, 4.69) is 4.98 Å². The van der Waals surface area contributed by atoms with Crippen LogP contribution >= 0.6 is 23.2 Å². The molecule has 0 fully saturated rings. The van der Waals surface area contributed by atoms with Crippen LogP contribution < -0.4 is 0 Å². The van der Waals surface area contributed by atoms with Crippen LogP contribution in [0.5, 0.6) is 0 Å². The first-order valence-electron chi connectivity index (χ1n) is 8.01. The topological polar surface area (TPSA) is 71.7 Å². The summed E-state index contributed by atoms with van der Waals surface area (Å²) in [5.74, 6) is -0.953. The summed E-state index contributed by atoms with van der Waals surface area (Å²) in [6, 6.07) is 6.74. The van der Waals surface area contributed by atoms with Crippen LogP contribution in [-0.4, -0.2) is 26.2 Å². The molecule has 0 radical (unpaired) electrons. The Labute approximate surface area is 160 Å². The average molecular weight is 391 g/mol. The van der Waals surface area contributed by atoms with Gasteiger partial charge in [0.2, 0.25) is 0 Å². The number of benzene rings is 1. The normalized spacial score (nSPS) is 11.0. The van der Waals surface area contributed by atoms with Gasteiger partial charge in [-0.2, -0.15) is 0 Å². The number of carboxylic acids is 1. The number of aliphatic carboxylic acids is 1. The molecular formula is C19H16Cl2N2O3. The molecule has 0 bridgehead atoms. The lowest BCUT2D eigenvalue weighted by Gasteiger charge is -2.09. The molecule has 2 heterocycles. The number of Topliss-reactive ketones (excluding diaryl/α,β-unsaturated/α-hetero) is 1. The molecule has 0 spiro atoms. The van der Waals surface area contributed by atoms with Gasteiger partial charge in [0.15, 0.2) is 5.78 Å². The van der Waals surface area contributed by atoms with Crippen LogP contribution in [0, 0.1) is 6.92 Å². The van der Waals surface area contributed by atoms with Crippen molar-refractivity contribution < 1.29 is 14.7 Å². The van der Waals surface area contributed by atoms with Crippen molar-refractivity contribution in [1.82, 2.24) is 9.38 Å². The van der Waals surface area contributed by atoms with Crippen LogP contribution in [0.3, 0.4) is 0 Å². The molecule has 0 saturated carbocycles. The van der Waals surface area contributed by atoms with E-state index in [0.29, 0.717) is 39.8 Å². The van der Waals surface area contributed by atoms with Crippen LogP contribution in [-0.2, 0) is 17.6 Å². The molecule has 3 aromatic rings. The summed E-state index contributed by atoms with van der Waals surface area (Å²) >= 11 is 11.9. The molecule has 1 aromatic carbocycles. The highest BCUT2D eigenvalue weighted by Gasteiger charge is 2.15. The van der Waals surface area contributed by atoms with Gasteiger partial charge in [0.25, 0.3) is 0 Å². The fraction of sp³-hybridized carbons (Fsp3) is 0.211. The summed E-state index contributed by atoms with van der Waals surface area (Å²) in [7, 11) is 0. The SMILES string of the molecule is Cc1ccn2c(CC(=O)O)cnc2c1CCC(=O)c1ccc(Cl)c(Cl)c1. The third-order valence-corrected chi connectivity index (χ3v) is 5.01. The number of rotatable bonds is 6. The lowest BCUT2D eigenvalue weighted by molar-refractivity contribution is -0.136. The monoisotopic (exact) mass is 390 g/mol. The predicted molar refractivity (Wildman–Crippen MR) is 100 cm³/mol. The minimum atomic E-state index is -0.913. The van der Waals surface area contributed by atoms with E-state index in [1.807, 2.05) is 13.0 Å². The standard InChI is InChI=1S/C19H16Cl2N2O3/c1-11-6-7-23-13(9-18(25)26)10-22-19(23)14(11)3-5-17(24)12-2-4-15(20)16(21)8-12/h2,4,6-8,10H,3,5,9H2,1H3,(H,25,26). The number of fused-ring (bicyclic) bond motifs is 1. The Kier molecular flexibility index (Phi) is 5.30. The first-order valence-corrected chi connectivity index (χ1v) is 8.77. The number of hydrogen-bond acceptors (Lipinski definition) is 3. The summed E-state index contributed by atoms with van der Waals surface area (Å²) in [5, 5.41) is 9.77. The zero-order chi connectivity index (χ0) is 18.8. The number of imidazole rings is 1. The highest BCUT2D eigenvalue weighted by atomic mass is 35.5. The molecule has 0 aliphatic heterocycles. The lowest BCUT2D eigenvalue weighted by atomic mass is 10.0. The van der Waals surface area contributed by atoms with Crippen LogP contribution in [0.25, 0.3) is 5.65 Å². The van der Waals surface area contributed by atoms with Crippen molar-refractivity contribution >= 4 is 40.6 Å². The van der Waals surface area contributed by atoms with Gasteiger partial charge in [0.1, 0.15) is 5.65 Å². The third kappa shape index (κ3) is 3.74. The fourth-order valence-corrected chi connectivity index (χ4v) is 3.19. The molecule has 0 amide bonds. The Morgan fingerprint density at radius 1 is 1.19 bits per heavy atom. The van der Waals surface area contributed by atoms with Crippen molar-refractivity contribution in [1.29, 1.82) is 0 Å². The van der Waals surface area contributed by atoms with Crippen LogP contribution in [0.4, 0.5) is 0 Å². The summed E-state index contributed by atoms with van der Waals surface area (Å²) in [4.78, 5) is 27.8. The number of ketones is 1. The molecule has 0 atom stereocenters. The highest BCUT2D eigenvalue weighted by molar-refractivity contribution is 6.42. The fourth-order valence-electron chi connectivity index (χ4n) is 2.90. The van der Waals surface area contributed by atoms with Gasteiger partial charge in [-0.15, -0.1) is 0 Å². The van der Waals surface area contributed by atoms with Crippen molar-refractivity contribution in [2.45, 2.75) is 26.2 Å². The summed E-state index contributed by atoms with van der Waals surface area (Å²) in [6.45, 7) is 1.95. The maximum Gasteiger partial charge on any atom is 0.309 e. The Hall–Kier alpha value is -2.37. The van der Waals surface area contributed by atoms with Gasteiger partial charge in [-0.25, -0.2) is 4.98 Å². The third-order valence-electron chi connectivity index (χ3n) is 4.27. The van der Waals surface area contributed by atoms with Gasteiger partial charge in [-0.1, -0.05) is 23.2 Å². The number of carboxylic acid groups (broad SMARTS) is 1. The van der Waals surface area contributed by atoms with Gasteiger partial charge in [0.05, 0.1) is 22.2 Å². The number of carbonyl (C=O) groups excluding carboxylic acids is 1. The molecule has 0 aliphatic carbocycles. The number of aryl methyl sites for hydroxylation is 2. The largest absolute Gasteiger partial charge is 0.481 e. The van der Waals surface area contributed by atoms with Gasteiger partial charge < -0.3 is 9.51 Å². The number of nitrogens with zero attached hydrogens (tertiary/aromatic N) is 2. The Bertz CT molecular complexity index is 1010. The molecule has 0 aliphatic rings. The number of carbonyl (C=O) groups is 2. The van der Waals surface area contributed by atoms with E-state index in [1.165, 1.54) is 0 Å². The van der Waals surface area contributed by atoms with Crippen molar-refractivity contribution in [3.05, 3.63) is 69.1 Å². The van der Waals surface area contributed by atoms with Crippen LogP contribution in [0.2, 0.25) is 10.0 Å². The second-order valence-corrected chi connectivity index (χ2v) is 6.86. The summed E-state index contributed by atoms with van der Waals surface area (Å²) < 4.78 is 1.76. The van der Waals surface area contributed by atoms with Crippen molar-refractivity contribution in [3.63, 3.8) is 0 Å². The zero-order valence-electron chi connectivity index (χ0n) is 14.0. The smallest absolute Gasteiger partial charge is 0.309 e. The van der Waals surface area contributed by atoms with Gasteiger partial charge in [0, 0.05) is 24.4 Å². The Morgan fingerprint density at radius 2 is 1.96 bits per heavy atom. The van der Waals surface area contributed by atoms with Crippen molar-refractivity contribution in [3.8, 4) is 0 Å². The number of pyridine rings is 1. The van der Waals surface area contributed by atoms with Gasteiger partial charge >= 0.3 is 5.97 Å². The Balaban J connectivity index is 1.85. The second-order valence-electron chi connectivity index (χ2n) is 6.04. The maximum absolute atomic E-state index is 12.5. The number of aromatic nitrogens is 2. The summed E-state index contributed by atoms with van der Waals surface area (Å²) in [5.41, 5.74) is 3.73. The molecule has 5 nitrogen and oxygen atoms in total. The first kappa shape index (κ1) is 18.4. The minimum absolute atomic E-state index is 0.0396. The van der Waals surface area contributed by atoms with Crippen LogP contribution in [0.15, 0.2) is 36.7 Å². The molecule has 3 rings (SSSR count). The molecule has 7 heteroatoms. The van der Waals surface area contributed by atoms with Gasteiger partial charge in [-0.05, 0) is 48.7 Å². The first-order chi connectivity index (χ1) is 12.4. The van der Waals surface area contributed by atoms with Crippen molar-refractivity contribution in [2.75, 3.05) is 0 Å². The van der Waals surface area contributed by atoms with E-state index >= 15 is 0 Å². The Morgan fingerprint density at radius 3 is 2.65 bits per heavy atom. The van der Waals surface area contributed by atoms with E-state index in [4.69, 9.17) is 28.3 Å². The quantitative estimate of drug-likeness (QED) is 0.633. The highest BCUT2D eigenvalue weighted by Crippen LogP contribution is 2.24. The van der Waals surface area contributed by atoms with E-state index in [1.54, 1.807) is 35.0 Å². The van der Waals surface area contributed by atoms with E-state index in [-0.39, 0.29) is 12.2 Å². The predicted octanol–water partition coefficient (Wildman–Crippen LogP) is 4.39. The molecular weight excluding hydrogens is 375 g/mol. The molecule has 134 valence electrons. The molecule has 2 aromatic heterocycles. The second kappa shape index (κ2) is 7.48. The van der Waals surface area contributed by atoms with Gasteiger partial charge in [-0.3, -0.25) is 9.59 Å². The average Bonchev–Trinajstić information content (AvgIpc) is 2.98. The lowest BCUT2D eigenvalue weighted by Crippen LogP contribution is -2.06. The van der Waals surface area contributed by atoms with Crippen LogP contribution in [0.1, 0.15) is 33.6 Å². The molecule has 0 saturated heterocycles. The molecule has 0 unspecified atom stereocenters. The molecule has 1 N–H and O–H groups in total. The number of halogens is 2.